The summed E-state index contributed by atoms with van der Waals surface area (Å²) in [6.45, 7) is 7.34. The second-order valence-electron chi connectivity index (χ2n) is 6.48. The number of amides is 1. The number of hydrogen-bond donors (Lipinski definition) is 1. The van der Waals surface area contributed by atoms with Crippen LogP contribution in [0.2, 0.25) is 0 Å². The summed E-state index contributed by atoms with van der Waals surface area (Å²) >= 11 is 0. The number of aromatic nitrogens is 2. The molecule has 5 heteroatoms. The molecule has 0 aliphatic carbocycles. The van der Waals surface area contributed by atoms with Gasteiger partial charge in [-0.3, -0.25) is 9.69 Å². The maximum Gasteiger partial charge on any atom is 0.234 e. The van der Waals surface area contributed by atoms with E-state index in [0.29, 0.717) is 19.1 Å². The van der Waals surface area contributed by atoms with Crippen LogP contribution in [0, 0.1) is 6.92 Å². The molecule has 1 amide bonds. The van der Waals surface area contributed by atoms with Crippen molar-refractivity contribution >= 4 is 5.91 Å². The monoisotopic (exact) mass is 328 g/mol. The standard InChI is InChI=1S/C19H28N4O/c1-15(2)22(4)14-19(24)20-12-8-9-17-13-23(21-16(17)3)18-10-6-5-7-11-18/h5-7,10-11,13,15H,8-9,12,14H2,1-4H3,(H,20,24). The van der Waals surface area contributed by atoms with E-state index < -0.39 is 0 Å². The zero-order valence-corrected chi connectivity index (χ0v) is 15.1. The van der Waals surface area contributed by atoms with Crippen LogP contribution in [0.1, 0.15) is 31.5 Å². The molecular formula is C19H28N4O. The highest BCUT2D eigenvalue weighted by atomic mass is 16.2. The van der Waals surface area contributed by atoms with Crippen LogP contribution in [0.5, 0.6) is 0 Å². The van der Waals surface area contributed by atoms with Gasteiger partial charge in [0.2, 0.25) is 5.91 Å². The highest BCUT2D eigenvalue weighted by Crippen LogP contribution is 2.13. The lowest BCUT2D eigenvalue weighted by molar-refractivity contribution is -0.122. The quantitative estimate of drug-likeness (QED) is 0.758. The third kappa shape index (κ3) is 5.20. The van der Waals surface area contributed by atoms with Gasteiger partial charge in [0.1, 0.15) is 0 Å². The summed E-state index contributed by atoms with van der Waals surface area (Å²) < 4.78 is 1.92. The van der Waals surface area contributed by atoms with Crippen molar-refractivity contribution in [3.05, 3.63) is 47.8 Å². The van der Waals surface area contributed by atoms with Gasteiger partial charge in [0, 0.05) is 18.8 Å². The fourth-order valence-electron chi connectivity index (χ4n) is 2.43. The van der Waals surface area contributed by atoms with Crippen LogP contribution >= 0.6 is 0 Å². The van der Waals surface area contributed by atoms with E-state index in [1.807, 2.05) is 53.9 Å². The Hall–Kier alpha value is -2.14. The van der Waals surface area contributed by atoms with Crippen LogP contribution in [0.25, 0.3) is 5.69 Å². The molecule has 0 atom stereocenters. The first-order valence-corrected chi connectivity index (χ1v) is 8.55. The smallest absolute Gasteiger partial charge is 0.234 e. The van der Waals surface area contributed by atoms with Crippen LogP contribution in [-0.2, 0) is 11.2 Å². The third-order valence-electron chi connectivity index (χ3n) is 4.24. The van der Waals surface area contributed by atoms with E-state index in [4.69, 9.17) is 0 Å². The number of hydrogen-bond acceptors (Lipinski definition) is 3. The van der Waals surface area contributed by atoms with E-state index in [2.05, 4.69) is 30.5 Å². The van der Waals surface area contributed by atoms with E-state index in [-0.39, 0.29) is 5.91 Å². The molecule has 1 aromatic carbocycles. The highest BCUT2D eigenvalue weighted by Gasteiger charge is 2.09. The molecule has 0 fully saturated rings. The zero-order valence-electron chi connectivity index (χ0n) is 15.1. The Morgan fingerprint density at radius 2 is 2.00 bits per heavy atom. The van der Waals surface area contributed by atoms with Crippen LogP contribution in [-0.4, -0.2) is 46.8 Å². The topological polar surface area (TPSA) is 50.2 Å². The summed E-state index contributed by atoms with van der Waals surface area (Å²) in [5, 5.41) is 7.56. The zero-order chi connectivity index (χ0) is 17.5. The first-order chi connectivity index (χ1) is 11.5. The summed E-state index contributed by atoms with van der Waals surface area (Å²) in [5.74, 6) is 0.0860. The van der Waals surface area contributed by atoms with Gasteiger partial charge in [-0.15, -0.1) is 0 Å². The predicted octanol–water partition coefficient (Wildman–Crippen LogP) is 2.57. The molecule has 5 nitrogen and oxygen atoms in total. The van der Waals surface area contributed by atoms with Crippen molar-refractivity contribution in [3.8, 4) is 5.69 Å². The number of carbonyl (C=O) groups is 1. The molecule has 2 rings (SSSR count). The SMILES string of the molecule is Cc1nn(-c2ccccc2)cc1CCCNC(=O)CN(C)C(C)C. The number of para-hydroxylation sites is 1. The molecule has 2 aromatic rings. The lowest BCUT2D eigenvalue weighted by Crippen LogP contribution is -2.38. The van der Waals surface area contributed by atoms with Crippen molar-refractivity contribution < 1.29 is 4.79 Å². The normalized spacial score (nSPS) is 11.2. The molecule has 24 heavy (non-hydrogen) atoms. The molecule has 0 aliphatic rings. The lowest BCUT2D eigenvalue weighted by atomic mass is 10.1. The molecule has 1 heterocycles. The van der Waals surface area contributed by atoms with Crippen molar-refractivity contribution in [2.75, 3.05) is 20.1 Å². The molecule has 130 valence electrons. The van der Waals surface area contributed by atoms with Gasteiger partial charge >= 0.3 is 0 Å². The van der Waals surface area contributed by atoms with Gasteiger partial charge in [-0.25, -0.2) is 4.68 Å². The van der Waals surface area contributed by atoms with Crippen LogP contribution < -0.4 is 5.32 Å². The van der Waals surface area contributed by atoms with Gasteiger partial charge in [-0.05, 0) is 58.4 Å². The second kappa shape index (κ2) is 8.64. The van der Waals surface area contributed by atoms with Crippen LogP contribution in [0.4, 0.5) is 0 Å². The molecule has 0 unspecified atom stereocenters. The van der Waals surface area contributed by atoms with Gasteiger partial charge in [0.25, 0.3) is 0 Å². The maximum atomic E-state index is 11.9. The summed E-state index contributed by atoms with van der Waals surface area (Å²) in [7, 11) is 1.96. The molecule has 1 N–H and O–H groups in total. The minimum Gasteiger partial charge on any atom is -0.355 e. The molecule has 0 spiro atoms. The van der Waals surface area contributed by atoms with Gasteiger partial charge in [-0.2, -0.15) is 5.10 Å². The summed E-state index contributed by atoms with van der Waals surface area (Å²) in [6, 6.07) is 10.5. The number of rotatable bonds is 8. The minimum absolute atomic E-state index is 0.0860. The molecule has 0 aliphatic heterocycles. The maximum absolute atomic E-state index is 11.9. The Morgan fingerprint density at radius 1 is 1.29 bits per heavy atom. The average Bonchev–Trinajstić information content (AvgIpc) is 2.93. The number of benzene rings is 1. The van der Waals surface area contributed by atoms with Gasteiger partial charge in [0.15, 0.2) is 0 Å². The van der Waals surface area contributed by atoms with Crippen molar-refractivity contribution in [1.29, 1.82) is 0 Å². The molecule has 0 saturated heterocycles. The summed E-state index contributed by atoms with van der Waals surface area (Å²) in [4.78, 5) is 13.9. The predicted molar refractivity (Wildman–Crippen MR) is 97.4 cm³/mol. The fraction of sp³-hybridized carbons (Fsp3) is 0.474. The first-order valence-electron chi connectivity index (χ1n) is 8.55. The van der Waals surface area contributed by atoms with Gasteiger partial charge in [-0.1, -0.05) is 18.2 Å². The minimum atomic E-state index is 0.0860. The van der Waals surface area contributed by atoms with E-state index in [1.165, 1.54) is 5.56 Å². The van der Waals surface area contributed by atoms with Crippen molar-refractivity contribution in [3.63, 3.8) is 0 Å². The highest BCUT2D eigenvalue weighted by molar-refractivity contribution is 5.77. The van der Waals surface area contributed by atoms with Crippen LogP contribution in [0.15, 0.2) is 36.5 Å². The largest absolute Gasteiger partial charge is 0.355 e. The Balaban J connectivity index is 1.79. The Labute approximate surface area is 144 Å². The molecule has 0 saturated carbocycles. The molecular weight excluding hydrogens is 300 g/mol. The Kier molecular flexibility index (Phi) is 6.55. The van der Waals surface area contributed by atoms with Gasteiger partial charge < -0.3 is 5.32 Å². The molecule has 0 bridgehead atoms. The third-order valence-corrected chi connectivity index (χ3v) is 4.24. The summed E-state index contributed by atoms with van der Waals surface area (Å²) in [6.07, 6.45) is 3.91. The fourth-order valence-corrected chi connectivity index (χ4v) is 2.43. The number of aryl methyl sites for hydroxylation is 2. The van der Waals surface area contributed by atoms with Crippen molar-refractivity contribution in [1.82, 2.24) is 20.0 Å². The van der Waals surface area contributed by atoms with Gasteiger partial charge in [0.05, 0.1) is 17.9 Å². The molecule has 0 radical (unpaired) electrons. The second-order valence-corrected chi connectivity index (χ2v) is 6.48. The summed E-state index contributed by atoms with van der Waals surface area (Å²) in [5.41, 5.74) is 3.34. The van der Waals surface area contributed by atoms with E-state index in [1.54, 1.807) is 0 Å². The number of nitrogens with one attached hydrogen (secondary N) is 1. The molecule has 1 aromatic heterocycles. The Bertz CT molecular complexity index is 649. The number of nitrogens with zero attached hydrogens (tertiary/aromatic N) is 3. The van der Waals surface area contributed by atoms with E-state index in [0.717, 1.165) is 24.2 Å². The Morgan fingerprint density at radius 3 is 2.67 bits per heavy atom. The average molecular weight is 328 g/mol. The lowest BCUT2D eigenvalue weighted by Gasteiger charge is -2.20. The van der Waals surface area contributed by atoms with E-state index in [9.17, 15) is 4.79 Å². The van der Waals surface area contributed by atoms with Crippen LogP contribution in [0.3, 0.4) is 0 Å². The first kappa shape index (κ1) is 18.2. The van der Waals surface area contributed by atoms with Crippen molar-refractivity contribution in [2.24, 2.45) is 0 Å². The van der Waals surface area contributed by atoms with E-state index >= 15 is 0 Å². The number of carbonyl (C=O) groups excluding carboxylic acids is 1. The number of likely N-dealkylation sites (N-methyl/N-ethyl adjacent to an activating group) is 1. The van der Waals surface area contributed by atoms with Crippen molar-refractivity contribution in [2.45, 2.75) is 39.7 Å².